The van der Waals surface area contributed by atoms with Crippen LogP contribution < -0.4 is 10.3 Å². The Morgan fingerprint density at radius 1 is 1.17 bits per heavy atom. The van der Waals surface area contributed by atoms with Crippen LogP contribution in [0.5, 0.6) is 0 Å². The van der Waals surface area contributed by atoms with Gasteiger partial charge in [-0.15, -0.1) is 0 Å². The number of aryl methyl sites for hydroxylation is 2. The van der Waals surface area contributed by atoms with Gasteiger partial charge in [0.15, 0.2) is 0 Å². The van der Waals surface area contributed by atoms with E-state index in [-0.39, 0.29) is 24.0 Å². The largest absolute Gasteiger partial charge is 0.477 e. The smallest absolute Gasteiger partial charge is 0.401 e. The van der Waals surface area contributed by atoms with Gasteiger partial charge in [0.25, 0.3) is 0 Å². The fourth-order valence-corrected chi connectivity index (χ4v) is 4.67. The third-order valence-electron chi connectivity index (χ3n) is 5.53. The van der Waals surface area contributed by atoms with Crippen molar-refractivity contribution in [3.63, 3.8) is 0 Å². The van der Waals surface area contributed by atoms with E-state index in [9.17, 15) is 27.9 Å². The van der Waals surface area contributed by atoms with Crippen LogP contribution in [-0.2, 0) is 13.0 Å². The number of carboxylic acids is 1. The Balaban J connectivity index is 1.75. The highest BCUT2D eigenvalue weighted by Gasteiger charge is 2.33. The van der Waals surface area contributed by atoms with Gasteiger partial charge in [0.2, 0.25) is 5.43 Å². The van der Waals surface area contributed by atoms with Gasteiger partial charge in [-0.1, -0.05) is 11.6 Å². The van der Waals surface area contributed by atoms with E-state index < -0.39 is 24.1 Å². The zero-order valence-electron chi connectivity index (χ0n) is 15.4. The van der Waals surface area contributed by atoms with Crippen LogP contribution >= 0.6 is 11.6 Å². The fraction of sp³-hybridized carbons (Fsp3) is 0.474. The molecule has 1 aromatic heterocycles. The van der Waals surface area contributed by atoms with E-state index in [1.54, 1.807) is 4.57 Å². The van der Waals surface area contributed by atoms with Crippen LogP contribution in [0.25, 0.3) is 10.9 Å². The summed E-state index contributed by atoms with van der Waals surface area (Å²) in [6, 6.07) is 1.49. The van der Waals surface area contributed by atoms with E-state index in [0.717, 1.165) is 17.7 Å². The van der Waals surface area contributed by atoms with E-state index in [0.29, 0.717) is 36.6 Å². The Morgan fingerprint density at radius 3 is 2.48 bits per heavy atom. The minimum Gasteiger partial charge on any atom is -0.477 e. The first-order valence-electron chi connectivity index (χ1n) is 9.31. The first-order valence-corrected chi connectivity index (χ1v) is 9.69. The zero-order valence-corrected chi connectivity index (χ0v) is 16.2. The molecule has 4 rings (SSSR count). The average molecular weight is 430 g/mol. The summed E-state index contributed by atoms with van der Waals surface area (Å²) < 4.78 is 39.7. The van der Waals surface area contributed by atoms with Gasteiger partial charge in [-0.3, -0.25) is 9.69 Å². The maximum absolute atomic E-state index is 12.7. The standard InChI is InChI=1S/C19H19ClF3N3O3/c20-14-8-12-15-11(2-1-3-26(15)9-13(17(12)27)18(28)29)16(14)25-6-4-24(5-7-25)10-19(21,22)23/h8-9H,1-7,10H2,(H,28,29). The maximum Gasteiger partial charge on any atom is 0.401 e. The number of rotatable bonds is 3. The minimum absolute atomic E-state index is 0.262. The van der Waals surface area contributed by atoms with Gasteiger partial charge >= 0.3 is 12.1 Å². The van der Waals surface area contributed by atoms with Crippen LogP contribution in [0, 0.1) is 0 Å². The molecule has 2 aliphatic heterocycles. The lowest BCUT2D eigenvalue weighted by Crippen LogP contribution is -2.49. The van der Waals surface area contributed by atoms with Gasteiger partial charge < -0.3 is 14.6 Å². The molecule has 3 heterocycles. The SMILES string of the molecule is O=C(O)c1cn2c3c(c(N4CCN(CC(F)(F)F)CC4)c(Cl)cc3c1=O)CCC2. The molecule has 0 aliphatic carbocycles. The summed E-state index contributed by atoms with van der Waals surface area (Å²) >= 11 is 6.51. The molecule has 29 heavy (non-hydrogen) atoms. The topological polar surface area (TPSA) is 65.8 Å². The molecule has 0 radical (unpaired) electrons. The summed E-state index contributed by atoms with van der Waals surface area (Å²) in [5, 5.41) is 9.92. The quantitative estimate of drug-likeness (QED) is 0.812. The van der Waals surface area contributed by atoms with Crippen molar-refractivity contribution in [1.82, 2.24) is 9.47 Å². The van der Waals surface area contributed by atoms with Crippen molar-refractivity contribution < 1.29 is 23.1 Å². The van der Waals surface area contributed by atoms with Crippen molar-refractivity contribution in [3.8, 4) is 0 Å². The summed E-state index contributed by atoms with van der Waals surface area (Å²) in [5.74, 6) is -1.28. The van der Waals surface area contributed by atoms with Gasteiger partial charge in [-0.25, -0.2) is 4.79 Å². The summed E-state index contributed by atoms with van der Waals surface area (Å²) in [6.07, 6.45) is -1.44. The second kappa shape index (κ2) is 7.21. The minimum atomic E-state index is -4.23. The molecule has 2 aromatic rings. The maximum atomic E-state index is 12.7. The molecule has 0 unspecified atom stereocenters. The lowest BCUT2D eigenvalue weighted by atomic mass is 9.96. The number of halogens is 4. The van der Waals surface area contributed by atoms with Crippen molar-refractivity contribution in [3.05, 3.63) is 38.6 Å². The molecular weight excluding hydrogens is 411 g/mol. The van der Waals surface area contributed by atoms with Crippen LogP contribution in [0.15, 0.2) is 17.1 Å². The number of hydrogen-bond donors (Lipinski definition) is 1. The number of anilines is 1. The lowest BCUT2D eigenvalue weighted by Gasteiger charge is -2.38. The van der Waals surface area contributed by atoms with Crippen LogP contribution in [0.2, 0.25) is 5.02 Å². The number of piperazine rings is 1. The third kappa shape index (κ3) is 3.69. The first-order chi connectivity index (χ1) is 13.7. The van der Waals surface area contributed by atoms with Gasteiger partial charge in [0, 0.05) is 49.9 Å². The Morgan fingerprint density at radius 2 is 1.86 bits per heavy atom. The number of nitrogens with zero attached hydrogens (tertiary/aromatic N) is 3. The number of carboxylic acid groups (broad SMARTS) is 1. The summed E-state index contributed by atoms with van der Waals surface area (Å²) in [5.41, 5.74) is 1.40. The van der Waals surface area contributed by atoms with Crippen LogP contribution in [0.3, 0.4) is 0 Å². The molecule has 1 N–H and O–H groups in total. The fourth-order valence-electron chi connectivity index (χ4n) is 4.32. The molecular formula is C19H19ClF3N3O3. The van der Waals surface area contributed by atoms with Crippen molar-refractivity contribution >= 4 is 34.2 Å². The molecule has 1 aromatic carbocycles. The zero-order chi connectivity index (χ0) is 20.9. The summed E-state index contributed by atoms with van der Waals surface area (Å²) in [7, 11) is 0. The number of alkyl halides is 3. The van der Waals surface area contributed by atoms with Crippen molar-refractivity contribution in [2.45, 2.75) is 25.6 Å². The molecule has 0 atom stereocenters. The molecule has 156 valence electrons. The molecule has 2 aliphatic rings. The first kappa shape index (κ1) is 20.0. The summed E-state index contributed by atoms with van der Waals surface area (Å²) in [4.78, 5) is 27.4. The molecule has 0 saturated carbocycles. The Labute approximate surface area is 169 Å². The monoisotopic (exact) mass is 429 g/mol. The Kier molecular flexibility index (Phi) is 4.98. The van der Waals surface area contributed by atoms with Gasteiger partial charge in [-0.2, -0.15) is 13.2 Å². The van der Waals surface area contributed by atoms with Gasteiger partial charge in [0.1, 0.15) is 5.56 Å². The second-order valence-electron chi connectivity index (χ2n) is 7.43. The van der Waals surface area contributed by atoms with E-state index >= 15 is 0 Å². The molecule has 10 heteroatoms. The Bertz CT molecular complexity index is 1040. The molecule has 6 nitrogen and oxygen atoms in total. The van der Waals surface area contributed by atoms with Crippen molar-refractivity contribution in [1.29, 1.82) is 0 Å². The van der Waals surface area contributed by atoms with E-state index in [2.05, 4.69) is 0 Å². The van der Waals surface area contributed by atoms with Gasteiger partial charge in [-0.05, 0) is 18.9 Å². The molecule has 1 fully saturated rings. The summed E-state index contributed by atoms with van der Waals surface area (Å²) in [6.45, 7) is 0.967. The van der Waals surface area contributed by atoms with Crippen LogP contribution in [0.1, 0.15) is 22.3 Å². The number of benzene rings is 1. The predicted molar refractivity (Wildman–Crippen MR) is 103 cm³/mol. The highest BCUT2D eigenvalue weighted by molar-refractivity contribution is 6.34. The van der Waals surface area contributed by atoms with E-state index in [4.69, 9.17) is 11.6 Å². The highest BCUT2D eigenvalue weighted by Crippen LogP contribution is 2.39. The highest BCUT2D eigenvalue weighted by atomic mass is 35.5. The Hall–Kier alpha value is -2.26. The van der Waals surface area contributed by atoms with E-state index in [1.165, 1.54) is 17.2 Å². The average Bonchev–Trinajstić information content (AvgIpc) is 2.64. The second-order valence-corrected chi connectivity index (χ2v) is 7.84. The predicted octanol–water partition coefficient (Wildman–Crippen LogP) is 2.98. The number of aromatic carboxylic acids is 1. The van der Waals surface area contributed by atoms with Crippen LogP contribution in [-0.4, -0.2) is 59.4 Å². The molecule has 1 saturated heterocycles. The number of hydrogen-bond acceptors (Lipinski definition) is 4. The molecule has 0 amide bonds. The number of carbonyl (C=O) groups is 1. The van der Waals surface area contributed by atoms with Crippen LogP contribution in [0.4, 0.5) is 18.9 Å². The van der Waals surface area contributed by atoms with Gasteiger partial charge in [0.05, 0.1) is 22.8 Å². The third-order valence-corrected chi connectivity index (χ3v) is 5.82. The van der Waals surface area contributed by atoms with Crippen molar-refractivity contribution in [2.24, 2.45) is 0 Å². The van der Waals surface area contributed by atoms with E-state index in [1.807, 2.05) is 4.90 Å². The normalized spacial score (nSPS) is 17.7. The molecule has 0 bridgehead atoms. The number of aromatic nitrogens is 1. The molecule has 0 spiro atoms. The number of pyridine rings is 1. The van der Waals surface area contributed by atoms with Crippen molar-refractivity contribution in [2.75, 3.05) is 37.6 Å². The lowest BCUT2D eigenvalue weighted by molar-refractivity contribution is -0.146.